The molecule has 0 saturated heterocycles. The lowest BCUT2D eigenvalue weighted by Crippen LogP contribution is -2.05. The highest BCUT2D eigenvalue weighted by atomic mass is 32.2. The van der Waals surface area contributed by atoms with Crippen LogP contribution in [0.2, 0.25) is 0 Å². The lowest BCUT2D eigenvalue weighted by molar-refractivity contribution is -0.384. The number of nitrogen functional groups attached to an aromatic ring is 1. The summed E-state index contributed by atoms with van der Waals surface area (Å²) in [5, 5.41) is 11.3. The molecule has 3 aromatic rings. The summed E-state index contributed by atoms with van der Waals surface area (Å²) >= 11 is 1.26. The zero-order valence-electron chi connectivity index (χ0n) is 13.8. The topological polar surface area (TPSA) is 129 Å². The van der Waals surface area contributed by atoms with E-state index < -0.39 is 14.8 Å². The van der Waals surface area contributed by atoms with Gasteiger partial charge in [-0.2, -0.15) is 0 Å². The summed E-state index contributed by atoms with van der Waals surface area (Å²) < 4.78 is 25.2. The molecule has 0 fully saturated rings. The lowest BCUT2D eigenvalue weighted by atomic mass is 10.2. The molecule has 1 aromatic heterocycles. The van der Waals surface area contributed by atoms with E-state index >= 15 is 0 Å². The van der Waals surface area contributed by atoms with Gasteiger partial charge >= 0.3 is 0 Å². The molecule has 10 heteroatoms. The quantitative estimate of drug-likeness (QED) is 0.378. The number of non-ortho nitro benzene ring substituents is 1. The second-order valence-corrected chi connectivity index (χ2v) is 8.55. The Morgan fingerprint density at radius 3 is 2.52 bits per heavy atom. The molecule has 2 N–H and O–H groups in total. The van der Waals surface area contributed by atoms with Crippen LogP contribution in [-0.4, -0.2) is 23.3 Å². The molecule has 0 aliphatic rings. The number of hydrogen-bond acceptors (Lipinski definition) is 8. The maximum Gasteiger partial charge on any atom is 0.269 e. The van der Waals surface area contributed by atoms with Gasteiger partial charge in [0, 0.05) is 23.2 Å². The highest BCUT2D eigenvalue weighted by Gasteiger charge is 2.17. The summed E-state index contributed by atoms with van der Waals surface area (Å²) in [7, 11) is -3.64. The molecule has 3 rings (SSSR count). The van der Waals surface area contributed by atoms with Gasteiger partial charge in [-0.1, -0.05) is 12.1 Å². The van der Waals surface area contributed by atoms with Crippen LogP contribution in [0.3, 0.4) is 0 Å². The van der Waals surface area contributed by atoms with Crippen LogP contribution in [0.5, 0.6) is 0 Å². The number of rotatable bonds is 6. The fourth-order valence-corrected chi connectivity index (χ4v) is 4.37. The predicted molar refractivity (Wildman–Crippen MR) is 101 cm³/mol. The number of sulfone groups is 1. The van der Waals surface area contributed by atoms with E-state index in [1.807, 2.05) is 0 Å². The Morgan fingerprint density at radius 1 is 1.11 bits per heavy atom. The standard InChI is InChI=1S/C17H14N4O4S2/c18-16-8-9-19-17(20-16)26-14-4-6-15(7-5-14)27(24,25)11-12-2-1-3-13(10-12)21(22)23/h1-10H,11H2,(H2,18,19,20). The molecular formula is C17H14N4O4S2. The summed E-state index contributed by atoms with van der Waals surface area (Å²) in [6, 6.07) is 13.4. The maximum atomic E-state index is 12.6. The second-order valence-electron chi connectivity index (χ2n) is 5.52. The molecule has 2 aromatic carbocycles. The van der Waals surface area contributed by atoms with Crippen molar-refractivity contribution in [1.82, 2.24) is 9.97 Å². The van der Waals surface area contributed by atoms with Gasteiger partial charge in [-0.3, -0.25) is 10.1 Å². The Morgan fingerprint density at radius 2 is 1.85 bits per heavy atom. The average molecular weight is 402 g/mol. The van der Waals surface area contributed by atoms with Gasteiger partial charge in [0.2, 0.25) is 0 Å². The van der Waals surface area contributed by atoms with Crippen LogP contribution in [0.25, 0.3) is 0 Å². The number of benzene rings is 2. The van der Waals surface area contributed by atoms with E-state index in [0.29, 0.717) is 16.5 Å². The lowest BCUT2D eigenvalue weighted by Gasteiger charge is -2.06. The third-order valence-electron chi connectivity index (χ3n) is 3.53. The molecule has 0 aliphatic carbocycles. The van der Waals surface area contributed by atoms with E-state index in [2.05, 4.69) is 9.97 Å². The van der Waals surface area contributed by atoms with E-state index in [4.69, 9.17) is 5.73 Å². The van der Waals surface area contributed by atoms with Gasteiger partial charge in [0.25, 0.3) is 5.69 Å². The summed E-state index contributed by atoms with van der Waals surface area (Å²) in [5.41, 5.74) is 5.83. The van der Waals surface area contributed by atoms with E-state index in [-0.39, 0.29) is 16.3 Å². The fraction of sp³-hybridized carbons (Fsp3) is 0.0588. The fourth-order valence-electron chi connectivity index (χ4n) is 2.29. The molecular weight excluding hydrogens is 388 g/mol. The summed E-state index contributed by atoms with van der Waals surface area (Å²) in [5.74, 6) is 0.0307. The summed E-state index contributed by atoms with van der Waals surface area (Å²) in [6.45, 7) is 0. The number of nitro groups is 1. The molecule has 0 unspecified atom stereocenters. The smallest absolute Gasteiger partial charge is 0.269 e. The summed E-state index contributed by atoms with van der Waals surface area (Å²) in [4.78, 5) is 19.3. The van der Waals surface area contributed by atoms with Gasteiger partial charge in [0.1, 0.15) is 5.82 Å². The summed E-state index contributed by atoms with van der Waals surface area (Å²) in [6.07, 6.45) is 1.54. The van der Waals surface area contributed by atoms with Crippen molar-refractivity contribution >= 4 is 33.1 Å². The maximum absolute atomic E-state index is 12.6. The van der Waals surface area contributed by atoms with Crippen LogP contribution in [-0.2, 0) is 15.6 Å². The van der Waals surface area contributed by atoms with Crippen molar-refractivity contribution in [3.8, 4) is 0 Å². The average Bonchev–Trinajstić information content (AvgIpc) is 2.62. The highest BCUT2D eigenvalue weighted by Crippen LogP contribution is 2.27. The molecule has 0 bridgehead atoms. The number of nitro benzene ring substituents is 1. The highest BCUT2D eigenvalue weighted by molar-refractivity contribution is 7.99. The minimum atomic E-state index is -3.64. The van der Waals surface area contributed by atoms with Gasteiger partial charge in [0.05, 0.1) is 15.6 Å². The van der Waals surface area contributed by atoms with Crippen LogP contribution >= 0.6 is 11.8 Å². The molecule has 0 spiro atoms. The van der Waals surface area contributed by atoms with Crippen LogP contribution in [0.1, 0.15) is 5.56 Å². The number of hydrogen-bond donors (Lipinski definition) is 1. The molecule has 0 saturated carbocycles. The predicted octanol–water partition coefficient (Wildman–Crippen LogP) is 3.09. The van der Waals surface area contributed by atoms with Gasteiger partial charge in [-0.25, -0.2) is 18.4 Å². The first kappa shape index (κ1) is 18.8. The van der Waals surface area contributed by atoms with Crippen molar-refractivity contribution < 1.29 is 13.3 Å². The Hall–Kier alpha value is -2.98. The number of nitrogens with zero attached hydrogens (tertiary/aromatic N) is 3. The van der Waals surface area contributed by atoms with Crippen LogP contribution in [0.15, 0.2) is 75.7 Å². The van der Waals surface area contributed by atoms with E-state index in [1.54, 1.807) is 30.5 Å². The van der Waals surface area contributed by atoms with Crippen molar-refractivity contribution in [2.45, 2.75) is 20.7 Å². The van der Waals surface area contributed by atoms with Gasteiger partial charge in [0.15, 0.2) is 15.0 Å². The Bertz CT molecular complexity index is 1090. The molecule has 0 amide bonds. The normalized spacial score (nSPS) is 11.3. The minimum absolute atomic E-state index is 0.131. The SMILES string of the molecule is Nc1ccnc(Sc2ccc(S(=O)(=O)Cc3cccc([N+](=O)[O-])c3)cc2)n1. The van der Waals surface area contributed by atoms with Crippen molar-refractivity contribution in [1.29, 1.82) is 0 Å². The molecule has 8 nitrogen and oxygen atoms in total. The minimum Gasteiger partial charge on any atom is -0.384 e. The Kier molecular flexibility index (Phi) is 5.38. The third-order valence-corrected chi connectivity index (χ3v) is 6.12. The first-order valence-electron chi connectivity index (χ1n) is 7.66. The first-order chi connectivity index (χ1) is 12.8. The molecule has 1 heterocycles. The zero-order valence-corrected chi connectivity index (χ0v) is 15.5. The van der Waals surface area contributed by atoms with Crippen molar-refractivity contribution in [2.24, 2.45) is 0 Å². The number of nitrogens with two attached hydrogens (primary N) is 1. The van der Waals surface area contributed by atoms with E-state index in [0.717, 1.165) is 4.90 Å². The molecule has 27 heavy (non-hydrogen) atoms. The largest absolute Gasteiger partial charge is 0.384 e. The Balaban J connectivity index is 1.77. The molecule has 138 valence electrons. The van der Waals surface area contributed by atoms with E-state index in [9.17, 15) is 18.5 Å². The number of aromatic nitrogens is 2. The molecule has 0 aliphatic heterocycles. The molecule has 0 atom stereocenters. The third kappa shape index (κ3) is 4.80. The zero-order chi connectivity index (χ0) is 19.4. The van der Waals surface area contributed by atoms with Gasteiger partial charge in [-0.05, 0) is 47.7 Å². The van der Waals surface area contributed by atoms with E-state index in [1.165, 1.54) is 42.1 Å². The van der Waals surface area contributed by atoms with Crippen LogP contribution < -0.4 is 5.73 Å². The monoisotopic (exact) mass is 402 g/mol. The molecule has 0 radical (unpaired) electrons. The van der Waals surface area contributed by atoms with Crippen molar-refractivity contribution in [3.05, 3.63) is 76.5 Å². The second kappa shape index (κ2) is 7.72. The van der Waals surface area contributed by atoms with Gasteiger partial charge in [-0.15, -0.1) is 0 Å². The first-order valence-corrected chi connectivity index (χ1v) is 10.1. The Labute approximate surface area is 159 Å². The van der Waals surface area contributed by atoms with Crippen LogP contribution in [0.4, 0.5) is 11.5 Å². The van der Waals surface area contributed by atoms with Crippen LogP contribution in [0, 0.1) is 10.1 Å². The van der Waals surface area contributed by atoms with Crippen molar-refractivity contribution in [2.75, 3.05) is 5.73 Å². The van der Waals surface area contributed by atoms with Gasteiger partial charge < -0.3 is 5.73 Å². The van der Waals surface area contributed by atoms with Crippen molar-refractivity contribution in [3.63, 3.8) is 0 Å². The number of anilines is 1.